The van der Waals surface area contributed by atoms with Gasteiger partial charge in [0.1, 0.15) is 5.25 Å². The van der Waals surface area contributed by atoms with Crippen LogP contribution in [0.1, 0.15) is 6.92 Å². The fourth-order valence-corrected chi connectivity index (χ4v) is 3.83. The van der Waals surface area contributed by atoms with Gasteiger partial charge in [0.05, 0.1) is 0 Å². The van der Waals surface area contributed by atoms with Gasteiger partial charge in [-0.1, -0.05) is 34.7 Å². The number of amides is 3. The highest BCUT2D eigenvalue weighted by atomic mass is 35.5. The van der Waals surface area contributed by atoms with Gasteiger partial charge >= 0.3 is 6.03 Å². The number of ketones is 1. The van der Waals surface area contributed by atoms with Crippen molar-refractivity contribution in [2.75, 3.05) is 24.7 Å². The van der Waals surface area contributed by atoms with Crippen LogP contribution in [0.4, 0.5) is 15.6 Å². The summed E-state index contributed by atoms with van der Waals surface area (Å²) in [6, 6.07) is 6.13. The number of carbonyl (C=O) groups excluding carboxylic acids is 3. The Morgan fingerprint density at radius 1 is 1.15 bits per heavy atom. The van der Waals surface area contributed by atoms with Gasteiger partial charge in [-0.15, -0.1) is 10.2 Å². The third kappa shape index (κ3) is 5.68. The van der Waals surface area contributed by atoms with E-state index in [2.05, 4.69) is 20.8 Å². The molecule has 1 aromatic heterocycles. The van der Waals surface area contributed by atoms with E-state index in [9.17, 15) is 14.4 Å². The van der Waals surface area contributed by atoms with E-state index in [1.807, 2.05) is 0 Å². The van der Waals surface area contributed by atoms with Crippen molar-refractivity contribution in [3.05, 3.63) is 29.3 Å². The second kappa shape index (κ2) is 8.97. The van der Waals surface area contributed by atoms with Gasteiger partial charge in [0.25, 0.3) is 0 Å². The first kappa shape index (κ1) is 20.1. The zero-order valence-electron chi connectivity index (χ0n) is 14.1. The minimum Gasteiger partial charge on any atom is -0.347 e. The van der Waals surface area contributed by atoms with E-state index in [1.165, 1.54) is 11.8 Å². The van der Waals surface area contributed by atoms with Crippen LogP contribution >= 0.6 is 34.7 Å². The van der Waals surface area contributed by atoms with E-state index < -0.39 is 11.3 Å². The summed E-state index contributed by atoms with van der Waals surface area (Å²) < 4.78 is 0.405. The fraction of sp³-hybridized carbons (Fsp3) is 0.267. The average molecular weight is 414 g/mol. The monoisotopic (exact) mass is 413 g/mol. The highest BCUT2D eigenvalue weighted by Gasteiger charge is 2.27. The summed E-state index contributed by atoms with van der Waals surface area (Å²) in [6.45, 7) is 1.35. The van der Waals surface area contributed by atoms with Gasteiger partial charge in [-0.05, 0) is 31.2 Å². The van der Waals surface area contributed by atoms with Crippen LogP contribution in [-0.4, -0.2) is 52.2 Å². The normalized spacial score (nSPS) is 11.5. The van der Waals surface area contributed by atoms with Crippen LogP contribution < -0.4 is 10.6 Å². The molecule has 1 heterocycles. The number of nitrogens with zero attached hydrogens (tertiary/aromatic N) is 3. The van der Waals surface area contributed by atoms with Gasteiger partial charge in [0, 0.05) is 24.8 Å². The average Bonchev–Trinajstić information content (AvgIpc) is 3.00. The van der Waals surface area contributed by atoms with Crippen molar-refractivity contribution >= 4 is 63.2 Å². The molecule has 0 unspecified atom stereocenters. The van der Waals surface area contributed by atoms with Crippen LogP contribution in [0.5, 0.6) is 0 Å². The predicted octanol–water partition coefficient (Wildman–Crippen LogP) is 2.97. The summed E-state index contributed by atoms with van der Waals surface area (Å²) in [4.78, 5) is 37.1. The van der Waals surface area contributed by atoms with Gasteiger partial charge < -0.3 is 10.2 Å². The Labute approximate surface area is 163 Å². The number of aromatic nitrogens is 2. The molecule has 1 aromatic carbocycles. The van der Waals surface area contributed by atoms with E-state index in [4.69, 9.17) is 11.6 Å². The largest absolute Gasteiger partial charge is 0.347 e. The molecule has 0 saturated carbocycles. The molecule has 3 amide bonds. The molecule has 26 heavy (non-hydrogen) atoms. The molecular weight excluding hydrogens is 398 g/mol. The summed E-state index contributed by atoms with van der Waals surface area (Å²) in [5, 5.41) is 12.8. The molecule has 2 aromatic rings. The zero-order chi connectivity index (χ0) is 19.3. The quantitative estimate of drug-likeness (QED) is 0.428. The Bertz CT molecular complexity index is 810. The number of halogens is 1. The van der Waals surface area contributed by atoms with Crippen molar-refractivity contribution in [3.63, 3.8) is 0 Å². The lowest BCUT2D eigenvalue weighted by atomic mass is 10.3. The maximum atomic E-state index is 12.1. The fourth-order valence-electron chi connectivity index (χ4n) is 1.74. The molecule has 138 valence electrons. The molecule has 0 aliphatic rings. The third-order valence-corrected chi connectivity index (χ3v) is 5.46. The second-order valence-corrected chi connectivity index (χ2v) is 8.07. The number of rotatable bonds is 6. The molecule has 0 radical (unpaired) electrons. The Morgan fingerprint density at radius 2 is 1.81 bits per heavy atom. The van der Waals surface area contributed by atoms with Crippen molar-refractivity contribution < 1.29 is 14.4 Å². The summed E-state index contributed by atoms with van der Waals surface area (Å²) >= 11 is 7.87. The molecule has 0 bridgehead atoms. The maximum Gasteiger partial charge on any atom is 0.325 e. The second-order valence-electron chi connectivity index (χ2n) is 5.30. The van der Waals surface area contributed by atoms with Gasteiger partial charge in [0.2, 0.25) is 11.0 Å². The molecule has 2 N–H and O–H groups in total. The van der Waals surface area contributed by atoms with Crippen LogP contribution in [0.15, 0.2) is 28.6 Å². The summed E-state index contributed by atoms with van der Waals surface area (Å²) in [5.74, 6) is -0.605. The smallest absolute Gasteiger partial charge is 0.325 e. The lowest BCUT2D eigenvalue weighted by molar-refractivity contribution is -0.132. The van der Waals surface area contributed by atoms with E-state index in [0.29, 0.717) is 15.0 Å². The first-order valence-corrected chi connectivity index (χ1v) is 9.39. The number of anilines is 2. The Kier molecular flexibility index (Phi) is 6.95. The number of hydrogen-bond acceptors (Lipinski definition) is 7. The number of urea groups is 1. The molecule has 0 aliphatic heterocycles. The van der Waals surface area contributed by atoms with Crippen LogP contribution in [0.2, 0.25) is 5.02 Å². The summed E-state index contributed by atoms with van der Waals surface area (Å²) in [5.41, 5.74) is 0.569. The molecular formula is C15H16ClN5O3S2. The number of thioether (sulfide) groups is 1. The van der Waals surface area contributed by atoms with Gasteiger partial charge in [-0.25, -0.2) is 4.79 Å². The van der Waals surface area contributed by atoms with Crippen molar-refractivity contribution in [3.8, 4) is 0 Å². The minimum atomic E-state index is -0.895. The van der Waals surface area contributed by atoms with Crippen molar-refractivity contribution in [1.29, 1.82) is 0 Å². The third-order valence-electron chi connectivity index (χ3n) is 2.98. The van der Waals surface area contributed by atoms with Crippen molar-refractivity contribution in [2.45, 2.75) is 16.5 Å². The van der Waals surface area contributed by atoms with E-state index >= 15 is 0 Å². The van der Waals surface area contributed by atoms with Gasteiger partial charge in [-0.2, -0.15) is 0 Å². The van der Waals surface area contributed by atoms with Gasteiger partial charge in [0.15, 0.2) is 10.1 Å². The highest BCUT2D eigenvalue weighted by molar-refractivity contribution is 8.03. The number of nitrogens with one attached hydrogen (secondary N) is 2. The molecule has 0 saturated heterocycles. The molecule has 2 rings (SSSR count). The Hall–Kier alpha value is -2.17. The first-order valence-electron chi connectivity index (χ1n) is 7.31. The maximum absolute atomic E-state index is 12.1. The lowest BCUT2D eigenvalue weighted by Gasteiger charge is -2.16. The lowest BCUT2D eigenvalue weighted by Crippen LogP contribution is -2.35. The molecule has 8 nitrogen and oxygen atoms in total. The first-order chi connectivity index (χ1) is 12.3. The Morgan fingerprint density at radius 3 is 2.38 bits per heavy atom. The summed E-state index contributed by atoms with van der Waals surface area (Å²) in [6.07, 6.45) is 0. The van der Waals surface area contributed by atoms with Crippen LogP contribution in [0, 0.1) is 0 Å². The van der Waals surface area contributed by atoms with Crippen molar-refractivity contribution in [1.82, 2.24) is 15.1 Å². The zero-order valence-corrected chi connectivity index (χ0v) is 16.5. The van der Waals surface area contributed by atoms with E-state index in [1.54, 1.807) is 38.4 Å². The molecule has 1 atom stereocenters. The van der Waals surface area contributed by atoms with Crippen LogP contribution in [-0.2, 0) is 9.59 Å². The van der Waals surface area contributed by atoms with E-state index in [-0.39, 0.29) is 16.8 Å². The minimum absolute atomic E-state index is 0.249. The number of Topliss-reactive ketones (excluding diaryl/α,β-unsaturated/α-hetero) is 1. The number of hydrogen-bond donors (Lipinski definition) is 2. The molecule has 0 aliphatic carbocycles. The molecule has 0 spiro atoms. The SMILES string of the molecule is CC(=O)[C@@H](Sc1nnc(NC(=O)Nc2ccc(Cl)cc2)s1)C(=O)N(C)C. The number of carbonyl (C=O) groups is 3. The Balaban J connectivity index is 1.98. The van der Waals surface area contributed by atoms with Crippen LogP contribution in [0.25, 0.3) is 0 Å². The summed E-state index contributed by atoms with van der Waals surface area (Å²) in [7, 11) is 3.15. The number of benzene rings is 1. The van der Waals surface area contributed by atoms with Crippen LogP contribution in [0.3, 0.4) is 0 Å². The molecule has 0 fully saturated rings. The standard InChI is InChI=1S/C15H16ClN5O3S2/c1-8(22)11(12(23)21(2)3)25-15-20-19-14(26-15)18-13(24)17-10-6-4-9(16)5-7-10/h4-7,11H,1-3H3,(H2,17,18,19,24)/t11-/m1/s1. The van der Waals surface area contributed by atoms with E-state index in [0.717, 1.165) is 23.1 Å². The van der Waals surface area contributed by atoms with Gasteiger partial charge in [-0.3, -0.25) is 14.9 Å². The highest BCUT2D eigenvalue weighted by Crippen LogP contribution is 2.30. The van der Waals surface area contributed by atoms with Crippen molar-refractivity contribution in [2.24, 2.45) is 0 Å². The molecule has 11 heteroatoms. The predicted molar refractivity (Wildman–Crippen MR) is 103 cm³/mol. The topological polar surface area (TPSA) is 104 Å².